The van der Waals surface area contributed by atoms with Crippen LogP contribution in [0.15, 0.2) is 24.3 Å². The highest BCUT2D eigenvalue weighted by atomic mass is 32.1. The summed E-state index contributed by atoms with van der Waals surface area (Å²) in [4.78, 5) is 38.6. The van der Waals surface area contributed by atoms with Gasteiger partial charge in [0.15, 0.2) is 0 Å². The van der Waals surface area contributed by atoms with Gasteiger partial charge in [-0.3, -0.25) is 10.1 Å². The summed E-state index contributed by atoms with van der Waals surface area (Å²) < 4.78 is 18.0. The number of amides is 3. The number of carbonyl (C=O) groups is 3. The first kappa shape index (κ1) is 20.4. The average molecular weight is 393 g/mol. The highest BCUT2D eigenvalue weighted by molar-refractivity contribution is 7.18. The molecule has 0 spiro atoms. The summed E-state index contributed by atoms with van der Waals surface area (Å²) in [7, 11) is 3.19. The number of urea groups is 1. The Morgan fingerprint density at radius 2 is 1.78 bits per heavy atom. The molecule has 3 amide bonds. The maximum Gasteiger partial charge on any atom is 0.341 e. The van der Waals surface area contributed by atoms with Crippen molar-refractivity contribution >= 4 is 39.9 Å². The number of nitrogens with one attached hydrogen (secondary N) is 2. The summed E-state index contributed by atoms with van der Waals surface area (Å²) in [6.45, 7) is 3.45. The van der Waals surface area contributed by atoms with Crippen LogP contribution in [-0.2, 0) is 4.74 Å². The molecule has 2 aromatic rings. The van der Waals surface area contributed by atoms with E-state index in [-0.39, 0.29) is 23.1 Å². The lowest BCUT2D eigenvalue weighted by Gasteiger charge is -2.09. The van der Waals surface area contributed by atoms with Gasteiger partial charge in [-0.25, -0.2) is 14.0 Å². The van der Waals surface area contributed by atoms with E-state index in [2.05, 4.69) is 10.6 Å². The topological polar surface area (TPSA) is 87.7 Å². The molecule has 2 N–H and O–H groups in total. The van der Waals surface area contributed by atoms with Gasteiger partial charge in [-0.15, -0.1) is 11.3 Å². The van der Waals surface area contributed by atoms with Gasteiger partial charge in [-0.2, -0.15) is 0 Å². The lowest BCUT2D eigenvalue weighted by atomic mass is 10.1. The zero-order valence-corrected chi connectivity index (χ0v) is 16.2. The molecule has 0 saturated carbocycles. The van der Waals surface area contributed by atoms with Crippen LogP contribution in [0.3, 0.4) is 0 Å². The first-order valence-electron chi connectivity index (χ1n) is 8.10. The van der Waals surface area contributed by atoms with Crippen LogP contribution in [0.25, 0.3) is 0 Å². The quantitative estimate of drug-likeness (QED) is 0.758. The first-order valence-corrected chi connectivity index (χ1v) is 8.92. The van der Waals surface area contributed by atoms with Gasteiger partial charge in [0.1, 0.15) is 10.8 Å². The zero-order valence-electron chi connectivity index (χ0n) is 15.4. The summed E-state index contributed by atoms with van der Waals surface area (Å²) in [6.07, 6.45) is 0. The third-order valence-corrected chi connectivity index (χ3v) is 4.75. The highest BCUT2D eigenvalue weighted by Gasteiger charge is 2.27. The Morgan fingerprint density at radius 1 is 1.15 bits per heavy atom. The second kappa shape index (κ2) is 8.63. The Kier molecular flexibility index (Phi) is 6.51. The van der Waals surface area contributed by atoms with E-state index in [1.165, 1.54) is 29.2 Å². The largest absolute Gasteiger partial charge is 0.462 e. The van der Waals surface area contributed by atoms with Gasteiger partial charge >= 0.3 is 12.0 Å². The molecule has 1 aromatic carbocycles. The molecule has 1 heterocycles. The summed E-state index contributed by atoms with van der Waals surface area (Å²) in [5.41, 5.74) is 0.958. The van der Waals surface area contributed by atoms with Crippen molar-refractivity contribution in [2.75, 3.05) is 31.3 Å². The average Bonchev–Trinajstić information content (AvgIpc) is 2.92. The van der Waals surface area contributed by atoms with E-state index < -0.39 is 17.8 Å². The Labute approximate surface area is 160 Å². The van der Waals surface area contributed by atoms with Crippen LogP contribution < -0.4 is 10.6 Å². The lowest BCUT2D eigenvalue weighted by molar-refractivity contribution is 0.0527. The van der Waals surface area contributed by atoms with Crippen molar-refractivity contribution in [1.29, 1.82) is 0 Å². The molecule has 0 aliphatic carbocycles. The molecule has 0 saturated heterocycles. The van der Waals surface area contributed by atoms with Crippen LogP contribution in [0.2, 0.25) is 0 Å². The van der Waals surface area contributed by atoms with Crippen molar-refractivity contribution in [1.82, 2.24) is 4.90 Å². The number of ether oxygens (including phenoxy) is 1. The fourth-order valence-electron chi connectivity index (χ4n) is 2.26. The van der Waals surface area contributed by atoms with E-state index in [1.54, 1.807) is 27.9 Å². The monoisotopic (exact) mass is 393 g/mol. The summed E-state index contributed by atoms with van der Waals surface area (Å²) >= 11 is 0.994. The molecule has 0 unspecified atom stereocenters. The highest BCUT2D eigenvalue weighted by Crippen LogP contribution is 2.34. The standard InChI is InChI=1S/C18H20FN3O4S/c1-5-26-17(24)13-10(2)14(16(23)22(3)4)27-15(13)21-18(25)20-12-8-6-11(19)7-9-12/h6-9H,5H2,1-4H3,(H2,20,21,25). The molecule has 0 aliphatic rings. The van der Waals surface area contributed by atoms with Gasteiger partial charge in [0.25, 0.3) is 5.91 Å². The number of esters is 1. The molecule has 144 valence electrons. The second-order valence-electron chi connectivity index (χ2n) is 5.77. The normalized spacial score (nSPS) is 10.3. The number of thiophene rings is 1. The van der Waals surface area contributed by atoms with Gasteiger partial charge < -0.3 is 15.0 Å². The molecule has 0 radical (unpaired) electrons. The van der Waals surface area contributed by atoms with E-state index >= 15 is 0 Å². The number of rotatable bonds is 5. The van der Waals surface area contributed by atoms with Crippen molar-refractivity contribution in [2.45, 2.75) is 13.8 Å². The van der Waals surface area contributed by atoms with Crippen molar-refractivity contribution in [2.24, 2.45) is 0 Å². The molecule has 7 nitrogen and oxygen atoms in total. The Balaban J connectivity index is 2.31. The van der Waals surface area contributed by atoms with Crippen LogP contribution in [0.5, 0.6) is 0 Å². The van der Waals surface area contributed by atoms with E-state index in [9.17, 15) is 18.8 Å². The lowest BCUT2D eigenvalue weighted by Crippen LogP contribution is -2.21. The molecule has 27 heavy (non-hydrogen) atoms. The van der Waals surface area contributed by atoms with Gasteiger partial charge in [0.05, 0.1) is 17.0 Å². The molecule has 0 bridgehead atoms. The molecule has 0 aliphatic heterocycles. The van der Waals surface area contributed by atoms with Crippen LogP contribution >= 0.6 is 11.3 Å². The molecule has 0 fully saturated rings. The van der Waals surface area contributed by atoms with Gasteiger partial charge in [-0.05, 0) is 43.7 Å². The molecular formula is C18H20FN3O4S. The number of anilines is 2. The minimum atomic E-state index is -0.628. The summed E-state index contributed by atoms with van der Waals surface area (Å²) in [6, 6.07) is 4.60. The molecule has 9 heteroatoms. The van der Waals surface area contributed by atoms with Crippen LogP contribution in [0, 0.1) is 12.7 Å². The molecule has 1 aromatic heterocycles. The predicted molar refractivity (Wildman–Crippen MR) is 102 cm³/mol. The number of benzene rings is 1. The van der Waals surface area contributed by atoms with Crippen LogP contribution in [-0.4, -0.2) is 43.5 Å². The Morgan fingerprint density at radius 3 is 2.33 bits per heavy atom. The van der Waals surface area contributed by atoms with Crippen molar-refractivity contribution in [3.05, 3.63) is 46.1 Å². The van der Waals surface area contributed by atoms with Gasteiger partial charge in [0.2, 0.25) is 0 Å². The Bertz CT molecular complexity index is 862. The fraction of sp³-hybridized carbons (Fsp3) is 0.278. The maximum absolute atomic E-state index is 13.0. The van der Waals surface area contributed by atoms with E-state index in [0.29, 0.717) is 16.1 Å². The molecule has 0 atom stereocenters. The fourth-order valence-corrected chi connectivity index (χ4v) is 3.47. The minimum absolute atomic E-state index is 0.140. The third kappa shape index (κ3) is 4.82. The summed E-state index contributed by atoms with van der Waals surface area (Å²) in [5.74, 6) is -1.33. The Hall–Kier alpha value is -2.94. The minimum Gasteiger partial charge on any atom is -0.462 e. The van der Waals surface area contributed by atoms with Crippen LogP contribution in [0.4, 0.5) is 19.9 Å². The maximum atomic E-state index is 13.0. The molecule has 2 rings (SSSR count). The van der Waals surface area contributed by atoms with E-state index in [0.717, 1.165) is 11.3 Å². The number of halogens is 1. The van der Waals surface area contributed by atoms with E-state index in [1.807, 2.05) is 0 Å². The number of nitrogens with zero attached hydrogens (tertiary/aromatic N) is 1. The SMILES string of the molecule is CCOC(=O)c1c(NC(=O)Nc2ccc(F)cc2)sc(C(=O)N(C)C)c1C. The number of hydrogen-bond acceptors (Lipinski definition) is 5. The second-order valence-corrected chi connectivity index (χ2v) is 6.79. The first-order chi connectivity index (χ1) is 12.7. The van der Waals surface area contributed by atoms with Crippen LogP contribution in [0.1, 0.15) is 32.5 Å². The number of carbonyl (C=O) groups excluding carboxylic acids is 3. The van der Waals surface area contributed by atoms with Gasteiger partial charge in [-0.1, -0.05) is 0 Å². The van der Waals surface area contributed by atoms with Crippen molar-refractivity contribution in [3.8, 4) is 0 Å². The van der Waals surface area contributed by atoms with Crippen molar-refractivity contribution < 1.29 is 23.5 Å². The number of hydrogen-bond donors (Lipinski definition) is 2. The van der Waals surface area contributed by atoms with E-state index in [4.69, 9.17) is 4.74 Å². The van der Waals surface area contributed by atoms with Gasteiger partial charge in [0, 0.05) is 19.8 Å². The smallest absolute Gasteiger partial charge is 0.341 e. The summed E-state index contributed by atoms with van der Waals surface area (Å²) in [5, 5.41) is 5.31. The zero-order chi connectivity index (χ0) is 20.1. The third-order valence-electron chi connectivity index (χ3n) is 3.56. The predicted octanol–water partition coefficient (Wildman–Crippen LogP) is 3.72. The van der Waals surface area contributed by atoms with Crippen molar-refractivity contribution in [3.63, 3.8) is 0 Å². The molecular weight excluding hydrogens is 373 g/mol.